The van der Waals surface area contributed by atoms with Crippen molar-refractivity contribution in [2.45, 2.75) is 0 Å². The van der Waals surface area contributed by atoms with Crippen LogP contribution in [-0.4, -0.2) is 26.7 Å². The quantitative estimate of drug-likeness (QED) is 0.401. The van der Waals surface area contributed by atoms with Gasteiger partial charge in [0.2, 0.25) is 17.8 Å². The van der Waals surface area contributed by atoms with Crippen LogP contribution < -0.4 is 17.2 Å². The van der Waals surface area contributed by atoms with Crippen LogP contribution in [0.2, 0.25) is 0 Å². The van der Waals surface area contributed by atoms with Crippen molar-refractivity contribution in [2.24, 2.45) is 0 Å². The average molecular weight is 184 g/mol. The Morgan fingerprint density at radius 3 is 1.46 bits per heavy atom. The molecule has 7 heteroatoms. The van der Waals surface area contributed by atoms with Crippen LogP contribution >= 0.6 is 0 Å². The molecule has 0 aliphatic carbocycles. The van der Waals surface area contributed by atoms with E-state index >= 15 is 0 Å². The highest BCUT2D eigenvalue weighted by Gasteiger charge is 1.93. The van der Waals surface area contributed by atoms with Gasteiger partial charge in [-0.05, 0) is 0 Å². The minimum atomic E-state index is 0.0417. The molecule has 0 aliphatic rings. The molecular formula is C6H12N6O. The van der Waals surface area contributed by atoms with Crippen LogP contribution in [0.3, 0.4) is 0 Å². The van der Waals surface area contributed by atoms with E-state index in [2.05, 4.69) is 21.5 Å². The molecule has 0 aliphatic heterocycles. The molecule has 1 aromatic rings. The van der Waals surface area contributed by atoms with Crippen LogP contribution in [0.15, 0.2) is 12.7 Å². The zero-order valence-corrected chi connectivity index (χ0v) is 7.01. The predicted octanol–water partition coefficient (Wildman–Crippen LogP) is -1.22. The molecule has 0 spiro atoms. The molecule has 0 aromatic carbocycles. The summed E-state index contributed by atoms with van der Waals surface area (Å²) in [4.78, 5) is 10.5. The maximum Gasteiger partial charge on any atom is 0.226 e. The smallest absolute Gasteiger partial charge is 0.226 e. The summed E-state index contributed by atoms with van der Waals surface area (Å²) >= 11 is 0. The van der Waals surface area contributed by atoms with Crippen LogP contribution in [0.4, 0.5) is 17.8 Å². The van der Waals surface area contributed by atoms with Crippen molar-refractivity contribution in [2.75, 3.05) is 23.8 Å². The Hall–Kier alpha value is -1.89. The first kappa shape index (κ1) is 11.1. The summed E-state index contributed by atoms with van der Waals surface area (Å²) in [6, 6.07) is 0. The zero-order valence-electron chi connectivity index (χ0n) is 7.01. The SMILES string of the molecule is C=CCO.Nc1nc(N)nc(N)n1. The van der Waals surface area contributed by atoms with Crippen LogP contribution in [0.25, 0.3) is 0 Å². The number of anilines is 3. The number of aliphatic hydroxyl groups excluding tert-OH is 1. The van der Waals surface area contributed by atoms with Crippen molar-refractivity contribution < 1.29 is 5.11 Å². The number of hydrogen-bond donors (Lipinski definition) is 4. The molecule has 1 aromatic heterocycles. The van der Waals surface area contributed by atoms with Crippen molar-refractivity contribution in [1.29, 1.82) is 0 Å². The number of hydrogen-bond acceptors (Lipinski definition) is 7. The lowest BCUT2D eigenvalue weighted by Gasteiger charge is -1.93. The lowest BCUT2D eigenvalue weighted by molar-refractivity contribution is 0.343. The van der Waals surface area contributed by atoms with Gasteiger partial charge in [0.15, 0.2) is 0 Å². The standard InChI is InChI=1S/C3H6N6.C3H6O/c4-1-7-2(5)9-3(6)8-1;1-2-3-4/h(H6,4,5,6,7,8,9);2,4H,1,3H2. The van der Waals surface area contributed by atoms with Gasteiger partial charge in [-0.15, -0.1) is 6.58 Å². The summed E-state index contributed by atoms with van der Waals surface area (Å²) in [5.41, 5.74) is 15.4. The summed E-state index contributed by atoms with van der Waals surface area (Å²) in [5.74, 6) is 0.125. The summed E-state index contributed by atoms with van der Waals surface area (Å²) in [5, 5.41) is 7.76. The third-order valence-electron chi connectivity index (χ3n) is 0.816. The lowest BCUT2D eigenvalue weighted by atomic mass is 10.7. The maximum atomic E-state index is 7.76. The van der Waals surface area contributed by atoms with E-state index in [1.165, 1.54) is 6.08 Å². The number of nitrogens with zero attached hydrogens (tertiary/aromatic N) is 3. The molecule has 0 saturated heterocycles. The second-order valence-corrected chi connectivity index (χ2v) is 1.88. The molecule has 13 heavy (non-hydrogen) atoms. The van der Waals surface area contributed by atoms with E-state index in [-0.39, 0.29) is 24.5 Å². The third kappa shape index (κ3) is 5.39. The molecule has 0 radical (unpaired) electrons. The summed E-state index contributed by atoms with van der Waals surface area (Å²) in [7, 11) is 0. The highest BCUT2D eigenvalue weighted by molar-refractivity contribution is 5.33. The van der Waals surface area contributed by atoms with Crippen LogP contribution in [0.5, 0.6) is 0 Å². The van der Waals surface area contributed by atoms with E-state index in [4.69, 9.17) is 22.3 Å². The van der Waals surface area contributed by atoms with E-state index in [9.17, 15) is 0 Å². The van der Waals surface area contributed by atoms with Gasteiger partial charge in [0.1, 0.15) is 0 Å². The van der Waals surface area contributed by atoms with Gasteiger partial charge in [0, 0.05) is 0 Å². The number of aromatic nitrogens is 3. The molecule has 1 rings (SSSR count). The molecule has 0 amide bonds. The van der Waals surface area contributed by atoms with Crippen LogP contribution in [0, 0.1) is 0 Å². The Balaban J connectivity index is 0.000000310. The van der Waals surface area contributed by atoms with Gasteiger partial charge in [0.05, 0.1) is 6.61 Å². The van der Waals surface area contributed by atoms with E-state index in [1.807, 2.05) is 0 Å². The summed E-state index contributed by atoms with van der Waals surface area (Å²) in [6.45, 7) is 3.31. The highest BCUT2D eigenvalue weighted by Crippen LogP contribution is 1.97. The monoisotopic (exact) mass is 184 g/mol. The Morgan fingerprint density at radius 1 is 1.08 bits per heavy atom. The van der Waals surface area contributed by atoms with Gasteiger partial charge in [-0.1, -0.05) is 6.08 Å². The fourth-order valence-corrected chi connectivity index (χ4v) is 0.427. The van der Waals surface area contributed by atoms with E-state index in [0.717, 1.165) is 0 Å². The number of rotatable bonds is 1. The van der Waals surface area contributed by atoms with Crippen molar-refractivity contribution in [3.05, 3.63) is 12.7 Å². The first-order chi connectivity index (χ1) is 6.10. The largest absolute Gasteiger partial charge is 0.392 e. The second-order valence-electron chi connectivity index (χ2n) is 1.88. The Morgan fingerprint density at radius 2 is 1.31 bits per heavy atom. The van der Waals surface area contributed by atoms with Crippen molar-refractivity contribution in [3.8, 4) is 0 Å². The van der Waals surface area contributed by atoms with Gasteiger partial charge < -0.3 is 22.3 Å². The normalized spacial score (nSPS) is 8.38. The topological polar surface area (TPSA) is 137 Å². The Kier molecular flexibility index (Phi) is 4.89. The highest BCUT2D eigenvalue weighted by atomic mass is 16.2. The zero-order chi connectivity index (χ0) is 10.3. The molecule has 0 unspecified atom stereocenters. The molecule has 7 N–H and O–H groups in total. The fourth-order valence-electron chi connectivity index (χ4n) is 0.427. The van der Waals surface area contributed by atoms with Gasteiger partial charge in [-0.25, -0.2) is 0 Å². The van der Waals surface area contributed by atoms with Crippen molar-refractivity contribution in [3.63, 3.8) is 0 Å². The van der Waals surface area contributed by atoms with E-state index in [1.54, 1.807) is 0 Å². The number of aliphatic hydroxyl groups is 1. The molecule has 0 fully saturated rings. The summed E-state index contributed by atoms with van der Waals surface area (Å²) < 4.78 is 0. The third-order valence-corrected chi connectivity index (χ3v) is 0.816. The lowest BCUT2D eigenvalue weighted by Crippen LogP contribution is -2.05. The maximum absolute atomic E-state index is 7.76. The molecule has 0 bridgehead atoms. The van der Waals surface area contributed by atoms with E-state index in [0.29, 0.717) is 0 Å². The Bertz CT molecular complexity index is 225. The first-order valence-corrected chi connectivity index (χ1v) is 3.34. The van der Waals surface area contributed by atoms with Crippen molar-refractivity contribution >= 4 is 17.8 Å². The number of nitrogens with two attached hydrogens (primary N) is 3. The van der Waals surface area contributed by atoms with Gasteiger partial charge in [-0.3, -0.25) is 0 Å². The van der Waals surface area contributed by atoms with Gasteiger partial charge in [-0.2, -0.15) is 15.0 Å². The molecule has 0 atom stereocenters. The van der Waals surface area contributed by atoms with Gasteiger partial charge in [0.25, 0.3) is 0 Å². The fraction of sp³-hybridized carbons (Fsp3) is 0.167. The molecule has 7 nitrogen and oxygen atoms in total. The van der Waals surface area contributed by atoms with E-state index < -0.39 is 0 Å². The van der Waals surface area contributed by atoms with Crippen LogP contribution in [-0.2, 0) is 0 Å². The Labute approximate surface area is 75.3 Å². The molecular weight excluding hydrogens is 172 g/mol. The number of nitrogen functional groups attached to an aromatic ring is 3. The molecule has 1 heterocycles. The minimum Gasteiger partial charge on any atom is -0.392 e. The molecule has 72 valence electrons. The van der Waals surface area contributed by atoms with Gasteiger partial charge >= 0.3 is 0 Å². The summed E-state index contributed by atoms with van der Waals surface area (Å²) in [6.07, 6.45) is 1.43. The average Bonchev–Trinajstić information content (AvgIpc) is 2.02. The van der Waals surface area contributed by atoms with Crippen LogP contribution in [0.1, 0.15) is 0 Å². The molecule has 0 saturated carbocycles. The minimum absolute atomic E-state index is 0.0417. The first-order valence-electron chi connectivity index (χ1n) is 3.34. The predicted molar refractivity (Wildman–Crippen MR) is 50.3 cm³/mol. The second kappa shape index (κ2) is 5.72. The van der Waals surface area contributed by atoms with Crippen molar-refractivity contribution in [1.82, 2.24) is 15.0 Å².